The summed E-state index contributed by atoms with van der Waals surface area (Å²) in [6, 6.07) is 9.79. The van der Waals surface area contributed by atoms with Gasteiger partial charge in [0, 0.05) is 29.5 Å². The molecule has 0 N–H and O–H groups in total. The van der Waals surface area contributed by atoms with E-state index in [2.05, 4.69) is 0 Å². The van der Waals surface area contributed by atoms with E-state index < -0.39 is 10.7 Å². The zero-order chi connectivity index (χ0) is 25.4. The van der Waals surface area contributed by atoms with Crippen LogP contribution in [0.4, 0.5) is 0 Å². The molecule has 0 aliphatic carbocycles. The highest BCUT2D eigenvalue weighted by Gasteiger charge is 2.29. The molecule has 2 aromatic rings. The normalized spacial score (nSPS) is 15.3. The predicted octanol–water partition coefficient (Wildman–Crippen LogP) is 4.46. The minimum Gasteiger partial charge on any atom is -0.493 e. The lowest BCUT2D eigenvalue weighted by Crippen LogP contribution is -2.47. The van der Waals surface area contributed by atoms with Crippen molar-refractivity contribution in [1.29, 1.82) is 0 Å². The molecule has 1 aliphatic heterocycles. The summed E-state index contributed by atoms with van der Waals surface area (Å²) >= 11 is 13.4. The largest absolute Gasteiger partial charge is 0.493 e. The van der Waals surface area contributed by atoms with Gasteiger partial charge in [-0.05, 0) is 56.0 Å². The molecule has 2 amide bonds. The number of benzene rings is 1. The Morgan fingerprint density at radius 1 is 1.14 bits per heavy atom. The quantitative estimate of drug-likeness (QED) is 0.370. The fraction of sp³-hybridized carbons (Fsp3) is 0.520. The molecule has 7 nitrogen and oxygen atoms in total. The molecule has 1 saturated heterocycles. The van der Waals surface area contributed by atoms with Crippen LogP contribution in [0.15, 0.2) is 30.3 Å². The molecule has 192 valence electrons. The molecular formula is C25H32Cl2N2O5S. The Bertz CT molecular complexity index is 994. The number of alkyl halides is 2. The molecule has 1 aromatic carbocycles. The molecule has 0 saturated carbocycles. The van der Waals surface area contributed by atoms with Gasteiger partial charge in [-0.2, -0.15) is 0 Å². The number of methoxy groups -OCH3 is 2. The van der Waals surface area contributed by atoms with Crippen LogP contribution < -0.4 is 9.47 Å². The number of ether oxygens (including phenoxy) is 3. The van der Waals surface area contributed by atoms with Gasteiger partial charge in [0.05, 0.1) is 33.4 Å². The van der Waals surface area contributed by atoms with E-state index in [9.17, 15) is 9.59 Å². The fourth-order valence-corrected chi connectivity index (χ4v) is 5.20. The van der Waals surface area contributed by atoms with E-state index in [4.69, 9.17) is 37.4 Å². The number of rotatable bonds is 12. The molecule has 1 atom stereocenters. The van der Waals surface area contributed by atoms with E-state index in [1.165, 1.54) is 9.78 Å². The van der Waals surface area contributed by atoms with Crippen molar-refractivity contribution in [3.05, 3.63) is 45.6 Å². The van der Waals surface area contributed by atoms with Gasteiger partial charge in [-0.15, -0.1) is 11.3 Å². The van der Waals surface area contributed by atoms with Crippen molar-refractivity contribution in [3.63, 3.8) is 0 Å². The second-order valence-corrected chi connectivity index (χ2v) is 10.9. The maximum Gasteiger partial charge on any atom is 0.256 e. The molecule has 35 heavy (non-hydrogen) atoms. The van der Waals surface area contributed by atoms with Crippen molar-refractivity contribution in [1.82, 2.24) is 9.80 Å². The summed E-state index contributed by atoms with van der Waals surface area (Å²) in [6.07, 6.45) is 2.27. The Labute approximate surface area is 220 Å². The third-order valence-corrected chi connectivity index (χ3v) is 7.25. The maximum absolute atomic E-state index is 13.5. The summed E-state index contributed by atoms with van der Waals surface area (Å²) in [5.74, 6) is 0.638. The minimum absolute atomic E-state index is 0.106. The number of carbonyl (C=O) groups is 2. The molecule has 1 unspecified atom stereocenters. The van der Waals surface area contributed by atoms with Gasteiger partial charge in [-0.1, -0.05) is 29.3 Å². The van der Waals surface area contributed by atoms with Crippen molar-refractivity contribution >= 4 is 46.4 Å². The van der Waals surface area contributed by atoms with Crippen molar-refractivity contribution < 1.29 is 23.8 Å². The van der Waals surface area contributed by atoms with Gasteiger partial charge in [0.25, 0.3) is 5.91 Å². The van der Waals surface area contributed by atoms with Crippen LogP contribution in [0.25, 0.3) is 0 Å². The van der Waals surface area contributed by atoms with Crippen molar-refractivity contribution in [3.8, 4) is 11.5 Å². The molecular weight excluding hydrogens is 511 g/mol. The highest BCUT2D eigenvalue weighted by Crippen LogP contribution is 2.28. The monoisotopic (exact) mass is 542 g/mol. The topological polar surface area (TPSA) is 68.3 Å². The lowest BCUT2D eigenvalue weighted by atomic mass is 10.1. The van der Waals surface area contributed by atoms with E-state index in [0.29, 0.717) is 44.2 Å². The van der Waals surface area contributed by atoms with Gasteiger partial charge < -0.3 is 24.0 Å². The van der Waals surface area contributed by atoms with Crippen molar-refractivity contribution in [2.24, 2.45) is 0 Å². The summed E-state index contributed by atoms with van der Waals surface area (Å²) in [5, 5.41) is 0. The lowest BCUT2D eigenvalue weighted by Gasteiger charge is -2.29. The molecule has 1 aromatic heterocycles. The summed E-state index contributed by atoms with van der Waals surface area (Å²) < 4.78 is 16.4. The third-order valence-electron chi connectivity index (χ3n) is 5.89. The highest BCUT2D eigenvalue weighted by molar-refractivity contribution is 7.11. The van der Waals surface area contributed by atoms with Crippen LogP contribution in [-0.2, 0) is 27.3 Å². The second-order valence-electron chi connectivity index (χ2n) is 8.42. The molecule has 3 rings (SSSR count). The van der Waals surface area contributed by atoms with E-state index in [1.807, 2.05) is 37.3 Å². The standard InChI is InChI=1S/C25H32Cl2N2O5S/c1-17-6-8-20(35-17)15-28(11-10-18-7-9-21(32-2)22(13-18)33-3)23(30)16-29(25(31)24(26)27)14-19-5-4-12-34-19/h6-9,13,19,24H,4-5,10-12,14-16H2,1-3H3. The van der Waals surface area contributed by atoms with Gasteiger partial charge in [0.2, 0.25) is 5.91 Å². The smallest absolute Gasteiger partial charge is 0.256 e. The molecule has 1 aliphatic rings. The molecule has 0 radical (unpaired) electrons. The Morgan fingerprint density at radius 2 is 1.91 bits per heavy atom. The van der Waals surface area contributed by atoms with Gasteiger partial charge >= 0.3 is 0 Å². The van der Waals surface area contributed by atoms with Gasteiger partial charge in [0.15, 0.2) is 16.3 Å². The van der Waals surface area contributed by atoms with E-state index >= 15 is 0 Å². The first-order valence-electron chi connectivity index (χ1n) is 11.5. The number of nitrogens with zero attached hydrogens (tertiary/aromatic N) is 2. The van der Waals surface area contributed by atoms with E-state index in [-0.39, 0.29) is 18.6 Å². The van der Waals surface area contributed by atoms with Crippen LogP contribution in [0, 0.1) is 6.92 Å². The third kappa shape index (κ3) is 8.00. The Kier molecular flexibility index (Phi) is 10.5. The first-order valence-corrected chi connectivity index (χ1v) is 13.2. The van der Waals surface area contributed by atoms with Crippen LogP contribution >= 0.6 is 34.5 Å². The lowest BCUT2D eigenvalue weighted by molar-refractivity contribution is -0.141. The number of halogens is 2. The molecule has 1 fully saturated rings. The maximum atomic E-state index is 13.5. The molecule has 0 bridgehead atoms. The second kappa shape index (κ2) is 13.3. The molecule has 0 spiro atoms. The van der Waals surface area contributed by atoms with Crippen LogP contribution in [0.2, 0.25) is 0 Å². The number of carbonyl (C=O) groups excluding carboxylic acids is 2. The van der Waals surface area contributed by atoms with Crippen LogP contribution in [0.5, 0.6) is 11.5 Å². The van der Waals surface area contributed by atoms with Crippen molar-refractivity contribution in [2.45, 2.75) is 43.7 Å². The van der Waals surface area contributed by atoms with Gasteiger partial charge in [-0.25, -0.2) is 0 Å². The summed E-state index contributed by atoms with van der Waals surface area (Å²) in [7, 11) is 3.19. The number of aryl methyl sites for hydroxylation is 1. The number of hydrogen-bond acceptors (Lipinski definition) is 6. The average molecular weight is 544 g/mol. The number of amides is 2. The predicted molar refractivity (Wildman–Crippen MR) is 139 cm³/mol. The molecule has 2 heterocycles. The highest BCUT2D eigenvalue weighted by atomic mass is 35.5. The van der Waals surface area contributed by atoms with E-state index in [1.54, 1.807) is 30.5 Å². The first-order chi connectivity index (χ1) is 16.8. The Morgan fingerprint density at radius 3 is 2.51 bits per heavy atom. The SMILES string of the molecule is COc1ccc(CCN(Cc2ccc(C)s2)C(=O)CN(CC2CCCO2)C(=O)C(Cl)Cl)cc1OC. The summed E-state index contributed by atoms with van der Waals surface area (Å²) in [6.45, 7) is 3.80. The number of hydrogen-bond donors (Lipinski definition) is 0. The number of thiophene rings is 1. The first kappa shape index (κ1) is 27.6. The zero-order valence-corrected chi connectivity index (χ0v) is 22.6. The fourth-order valence-electron chi connectivity index (χ4n) is 4.02. The minimum atomic E-state index is -1.23. The van der Waals surface area contributed by atoms with E-state index in [0.717, 1.165) is 23.3 Å². The van der Waals surface area contributed by atoms with Crippen molar-refractivity contribution in [2.75, 3.05) is 40.5 Å². The average Bonchev–Trinajstić information content (AvgIpc) is 3.51. The van der Waals surface area contributed by atoms with Crippen LogP contribution in [-0.4, -0.2) is 73.0 Å². The van der Waals surface area contributed by atoms with Gasteiger partial charge in [-0.3, -0.25) is 9.59 Å². The van der Waals surface area contributed by atoms with Crippen LogP contribution in [0.1, 0.15) is 28.2 Å². The Hall–Kier alpha value is -2.00. The summed E-state index contributed by atoms with van der Waals surface area (Å²) in [4.78, 5) is 30.4. The summed E-state index contributed by atoms with van der Waals surface area (Å²) in [5.41, 5.74) is 1.01. The Balaban J connectivity index is 1.75. The zero-order valence-electron chi connectivity index (χ0n) is 20.3. The molecule has 10 heteroatoms. The van der Waals surface area contributed by atoms with Crippen LogP contribution in [0.3, 0.4) is 0 Å². The van der Waals surface area contributed by atoms with Gasteiger partial charge in [0.1, 0.15) is 0 Å².